The molecule has 0 aromatic heterocycles. The van der Waals surface area contributed by atoms with E-state index in [1.807, 2.05) is 13.0 Å². The quantitative estimate of drug-likeness (QED) is 0.551. The Morgan fingerprint density at radius 1 is 1.39 bits per heavy atom. The Balaban J connectivity index is 2.12. The van der Waals surface area contributed by atoms with Crippen molar-refractivity contribution in [1.82, 2.24) is 5.32 Å². The fraction of sp³-hybridized carbons (Fsp3) is 0.429. The molecule has 1 unspecified atom stereocenters. The van der Waals surface area contributed by atoms with Crippen molar-refractivity contribution < 1.29 is 14.2 Å². The molecule has 1 rings (SSSR count). The molecule has 1 atom stereocenters. The number of allylic oxidation sites excluding steroid dienone is 1. The van der Waals surface area contributed by atoms with Gasteiger partial charge in [0.05, 0.1) is 0 Å². The van der Waals surface area contributed by atoms with Gasteiger partial charge in [0.15, 0.2) is 0 Å². The maximum absolute atomic E-state index is 12.6. The molecule has 3 nitrogen and oxygen atoms in total. The molecule has 100 valence electrons. The first-order valence-electron chi connectivity index (χ1n) is 6.10. The van der Waals surface area contributed by atoms with Crippen molar-refractivity contribution in [1.29, 1.82) is 0 Å². The maximum atomic E-state index is 12.6. The first-order valence-corrected chi connectivity index (χ1v) is 6.10. The van der Waals surface area contributed by atoms with Gasteiger partial charge >= 0.3 is 0 Å². The zero-order valence-corrected chi connectivity index (χ0v) is 10.6. The van der Waals surface area contributed by atoms with Crippen LogP contribution in [0.5, 0.6) is 5.75 Å². The summed E-state index contributed by atoms with van der Waals surface area (Å²) < 4.78 is 18.0. The Morgan fingerprint density at radius 3 is 2.78 bits per heavy atom. The summed E-state index contributed by atoms with van der Waals surface area (Å²) in [5.41, 5.74) is 0. The van der Waals surface area contributed by atoms with Crippen LogP contribution in [0.3, 0.4) is 0 Å². The summed E-state index contributed by atoms with van der Waals surface area (Å²) in [5, 5.41) is 12.8. The highest BCUT2D eigenvalue weighted by Crippen LogP contribution is 2.11. The predicted octanol–water partition coefficient (Wildman–Crippen LogP) is 2.12. The number of aliphatic hydroxyl groups is 1. The predicted molar refractivity (Wildman–Crippen MR) is 70.2 cm³/mol. The van der Waals surface area contributed by atoms with Crippen molar-refractivity contribution in [2.75, 3.05) is 19.7 Å². The molecule has 4 heteroatoms. The lowest BCUT2D eigenvalue weighted by Gasteiger charge is -2.12. The van der Waals surface area contributed by atoms with Crippen molar-refractivity contribution in [2.45, 2.75) is 19.4 Å². The van der Waals surface area contributed by atoms with Gasteiger partial charge in [-0.1, -0.05) is 12.2 Å². The lowest BCUT2D eigenvalue weighted by atomic mass is 10.3. The molecule has 1 aromatic carbocycles. The van der Waals surface area contributed by atoms with Crippen LogP contribution < -0.4 is 10.1 Å². The van der Waals surface area contributed by atoms with Gasteiger partial charge in [-0.15, -0.1) is 0 Å². The van der Waals surface area contributed by atoms with E-state index in [0.717, 1.165) is 13.0 Å². The van der Waals surface area contributed by atoms with Crippen LogP contribution in [-0.2, 0) is 0 Å². The van der Waals surface area contributed by atoms with E-state index in [9.17, 15) is 9.50 Å². The second kappa shape index (κ2) is 8.66. The lowest BCUT2D eigenvalue weighted by Crippen LogP contribution is -2.31. The Kier molecular flexibility index (Phi) is 7.06. The fourth-order valence-corrected chi connectivity index (χ4v) is 1.40. The van der Waals surface area contributed by atoms with E-state index in [4.69, 9.17) is 4.74 Å². The number of hydrogen-bond donors (Lipinski definition) is 2. The summed E-state index contributed by atoms with van der Waals surface area (Å²) in [6.07, 6.45) is 4.44. The zero-order valence-electron chi connectivity index (χ0n) is 10.6. The smallest absolute Gasteiger partial charge is 0.123 e. The van der Waals surface area contributed by atoms with E-state index in [2.05, 4.69) is 11.4 Å². The number of benzene rings is 1. The second-order valence-corrected chi connectivity index (χ2v) is 3.98. The lowest BCUT2D eigenvalue weighted by molar-refractivity contribution is 0.106. The Labute approximate surface area is 107 Å². The van der Waals surface area contributed by atoms with Crippen molar-refractivity contribution >= 4 is 0 Å². The highest BCUT2D eigenvalue weighted by atomic mass is 19.1. The van der Waals surface area contributed by atoms with Gasteiger partial charge in [-0.2, -0.15) is 0 Å². The zero-order chi connectivity index (χ0) is 13.2. The van der Waals surface area contributed by atoms with E-state index < -0.39 is 6.10 Å². The SMILES string of the molecule is C/C=C/CCNCC(O)COc1ccc(F)cc1. The third-order valence-corrected chi connectivity index (χ3v) is 2.36. The summed E-state index contributed by atoms with van der Waals surface area (Å²) in [6.45, 7) is 3.49. The van der Waals surface area contributed by atoms with Gasteiger partial charge in [-0.05, 0) is 44.2 Å². The van der Waals surface area contributed by atoms with Crippen molar-refractivity contribution in [2.24, 2.45) is 0 Å². The number of aliphatic hydroxyl groups excluding tert-OH is 1. The molecule has 0 aliphatic rings. The Hall–Kier alpha value is -1.39. The minimum absolute atomic E-state index is 0.197. The Bertz CT molecular complexity index is 351. The first-order chi connectivity index (χ1) is 8.72. The number of hydrogen-bond acceptors (Lipinski definition) is 3. The van der Waals surface area contributed by atoms with E-state index in [0.29, 0.717) is 12.3 Å². The van der Waals surface area contributed by atoms with Gasteiger partial charge in [0, 0.05) is 6.54 Å². The summed E-state index contributed by atoms with van der Waals surface area (Å²) >= 11 is 0. The van der Waals surface area contributed by atoms with Crippen LogP contribution >= 0.6 is 0 Å². The summed E-state index contributed by atoms with van der Waals surface area (Å²) in [4.78, 5) is 0. The Morgan fingerprint density at radius 2 is 2.11 bits per heavy atom. The van der Waals surface area contributed by atoms with Gasteiger partial charge < -0.3 is 15.2 Å². The summed E-state index contributed by atoms with van der Waals surface area (Å²) in [7, 11) is 0. The van der Waals surface area contributed by atoms with Crippen LogP contribution in [0.25, 0.3) is 0 Å². The molecule has 0 aliphatic carbocycles. The van der Waals surface area contributed by atoms with Crippen molar-refractivity contribution in [3.8, 4) is 5.75 Å². The van der Waals surface area contributed by atoms with Gasteiger partial charge in [0.1, 0.15) is 24.3 Å². The third-order valence-electron chi connectivity index (χ3n) is 2.36. The van der Waals surface area contributed by atoms with Crippen LogP contribution in [-0.4, -0.2) is 30.9 Å². The van der Waals surface area contributed by atoms with E-state index in [1.165, 1.54) is 12.1 Å². The average Bonchev–Trinajstić information content (AvgIpc) is 2.38. The molecule has 1 aromatic rings. The van der Waals surface area contributed by atoms with Gasteiger partial charge in [-0.25, -0.2) is 4.39 Å². The average molecular weight is 253 g/mol. The molecule has 0 fully saturated rings. The van der Waals surface area contributed by atoms with Crippen LogP contribution in [0.15, 0.2) is 36.4 Å². The molecule has 0 amide bonds. The molecule has 0 saturated carbocycles. The molecule has 0 radical (unpaired) electrons. The number of nitrogens with one attached hydrogen (secondary N) is 1. The maximum Gasteiger partial charge on any atom is 0.123 e. The van der Waals surface area contributed by atoms with Crippen LogP contribution in [0, 0.1) is 5.82 Å². The van der Waals surface area contributed by atoms with Gasteiger partial charge in [0.25, 0.3) is 0 Å². The number of ether oxygens (including phenoxy) is 1. The minimum atomic E-state index is -0.569. The topological polar surface area (TPSA) is 41.5 Å². The first kappa shape index (κ1) is 14.7. The molecule has 0 bridgehead atoms. The second-order valence-electron chi connectivity index (χ2n) is 3.98. The number of halogens is 1. The normalized spacial score (nSPS) is 12.8. The molecule has 0 heterocycles. The fourth-order valence-electron chi connectivity index (χ4n) is 1.40. The summed E-state index contributed by atoms with van der Waals surface area (Å²) in [6, 6.07) is 5.75. The van der Waals surface area contributed by atoms with Crippen LogP contribution in [0.1, 0.15) is 13.3 Å². The molecular weight excluding hydrogens is 233 g/mol. The molecule has 0 saturated heterocycles. The molecule has 0 spiro atoms. The largest absolute Gasteiger partial charge is 0.491 e. The van der Waals surface area contributed by atoms with Crippen LogP contribution in [0.4, 0.5) is 4.39 Å². The van der Waals surface area contributed by atoms with Gasteiger partial charge in [-0.3, -0.25) is 0 Å². The van der Waals surface area contributed by atoms with E-state index in [-0.39, 0.29) is 12.4 Å². The number of rotatable bonds is 8. The molecule has 2 N–H and O–H groups in total. The van der Waals surface area contributed by atoms with E-state index in [1.54, 1.807) is 12.1 Å². The van der Waals surface area contributed by atoms with Crippen molar-refractivity contribution in [3.63, 3.8) is 0 Å². The van der Waals surface area contributed by atoms with Crippen LogP contribution in [0.2, 0.25) is 0 Å². The van der Waals surface area contributed by atoms with E-state index >= 15 is 0 Å². The standard InChI is InChI=1S/C14H20FNO2/c1-2-3-4-9-16-10-13(17)11-18-14-7-5-12(15)6-8-14/h2-3,5-8,13,16-17H,4,9-11H2,1H3/b3-2+. The molecule has 0 aliphatic heterocycles. The van der Waals surface area contributed by atoms with Gasteiger partial charge in [0.2, 0.25) is 0 Å². The monoisotopic (exact) mass is 253 g/mol. The molecule has 18 heavy (non-hydrogen) atoms. The minimum Gasteiger partial charge on any atom is -0.491 e. The van der Waals surface area contributed by atoms with Crippen molar-refractivity contribution in [3.05, 3.63) is 42.2 Å². The highest BCUT2D eigenvalue weighted by Gasteiger charge is 2.04. The summed E-state index contributed by atoms with van der Waals surface area (Å²) in [5.74, 6) is 0.262. The highest BCUT2D eigenvalue weighted by molar-refractivity contribution is 5.22. The third kappa shape index (κ3) is 6.37. The molecular formula is C14H20FNO2.